The number of carbonyl (C=O) groups excluding carboxylic acids is 1. The first-order valence-electron chi connectivity index (χ1n) is 7.62. The molecule has 0 aromatic carbocycles. The van der Waals surface area contributed by atoms with E-state index in [1.165, 1.54) is 4.90 Å². The van der Waals surface area contributed by atoms with Gasteiger partial charge in [0.25, 0.3) is 0 Å². The van der Waals surface area contributed by atoms with Crippen molar-refractivity contribution in [1.29, 1.82) is 5.26 Å². The highest BCUT2D eigenvalue weighted by Crippen LogP contribution is 2.19. The van der Waals surface area contributed by atoms with E-state index in [0.717, 1.165) is 19.3 Å². The summed E-state index contributed by atoms with van der Waals surface area (Å²) < 4.78 is 0. The lowest BCUT2D eigenvalue weighted by Crippen LogP contribution is -2.51. The average molecular weight is 295 g/mol. The zero-order valence-electron chi connectivity index (χ0n) is 12.9. The topological polar surface area (TPSA) is 84.6 Å². The normalized spacial score (nSPS) is 19.0. The van der Waals surface area contributed by atoms with Gasteiger partial charge in [-0.15, -0.1) is 0 Å². The first-order valence-corrected chi connectivity index (χ1v) is 7.62. The fraction of sp³-hybridized carbons (Fsp3) is 0.800. The quantitative estimate of drug-likeness (QED) is 0.843. The summed E-state index contributed by atoms with van der Waals surface area (Å²) in [5.41, 5.74) is 0. The molecule has 0 saturated carbocycles. The molecule has 0 bridgehead atoms. The molecule has 6 nitrogen and oxygen atoms in total. The van der Waals surface area contributed by atoms with Crippen molar-refractivity contribution >= 4 is 12.0 Å². The van der Waals surface area contributed by atoms with Gasteiger partial charge in [0.15, 0.2) is 0 Å². The zero-order chi connectivity index (χ0) is 15.8. The van der Waals surface area contributed by atoms with Crippen LogP contribution >= 0.6 is 0 Å². The SMILES string of the molecule is CC(C)CN(CCC#N)C(=O)N1CCCCCC1C(=O)O. The van der Waals surface area contributed by atoms with Crippen LogP contribution in [-0.2, 0) is 4.79 Å². The summed E-state index contributed by atoms with van der Waals surface area (Å²) in [5, 5.41) is 18.1. The molecular formula is C15H25N3O3. The highest BCUT2D eigenvalue weighted by molar-refractivity contribution is 5.82. The highest BCUT2D eigenvalue weighted by Gasteiger charge is 2.33. The molecule has 1 unspecified atom stereocenters. The van der Waals surface area contributed by atoms with Crippen molar-refractivity contribution in [2.45, 2.75) is 52.0 Å². The van der Waals surface area contributed by atoms with E-state index in [9.17, 15) is 14.7 Å². The van der Waals surface area contributed by atoms with Gasteiger partial charge in [-0.3, -0.25) is 0 Å². The van der Waals surface area contributed by atoms with Gasteiger partial charge in [0.1, 0.15) is 6.04 Å². The van der Waals surface area contributed by atoms with E-state index < -0.39 is 12.0 Å². The summed E-state index contributed by atoms with van der Waals surface area (Å²) in [6.45, 7) is 5.39. The minimum absolute atomic E-state index is 0.242. The Morgan fingerprint density at radius 3 is 2.67 bits per heavy atom. The Morgan fingerprint density at radius 2 is 2.10 bits per heavy atom. The van der Waals surface area contributed by atoms with Crippen LogP contribution in [0, 0.1) is 17.2 Å². The molecule has 1 rings (SSSR count). The number of carbonyl (C=O) groups is 2. The minimum Gasteiger partial charge on any atom is -0.480 e. The monoisotopic (exact) mass is 295 g/mol. The number of carboxylic acids is 1. The summed E-state index contributed by atoms with van der Waals surface area (Å²) in [4.78, 5) is 27.2. The van der Waals surface area contributed by atoms with Crippen LogP contribution < -0.4 is 0 Å². The zero-order valence-corrected chi connectivity index (χ0v) is 12.9. The van der Waals surface area contributed by atoms with Gasteiger partial charge in [0.2, 0.25) is 0 Å². The summed E-state index contributed by atoms with van der Waals surface area (Å²) in [5.74, 6) is -0.655. The lowest BCUT2D eigenvalue weighted by molar-refractivity contribution is -0.142. The van der Waals surface area contributed by atoms with E-state index in [1.54, 1.807) is 4.90 Å². The van der Waals surface area contributed by atoms with Crippen molar-refractivity contribution in [2.75, 3.05) is 19.6 Å². The Kier molecular flexibility index (Phi) is 7.00. The summed E-state index contributed by atoms with van der Waals surface area (Å²) in [6, 6.07) is 1.07. The Balaban J connectivity index is 2.86. The Labute approximate surface area is 126 Å². The smallest absolute Gasteiger partial charge is 0.326 e. The van der Waals surface area contributed by atoms with Crippen LogP contribution in [0.1, 0.15) is 46.0 Å². The molecule has 1 aliphatic rings. The molecule has 2 amide bonds. The van der Waals surface area contributed by atoms with E-state index in [1.807, 2.05) is 19.9 Å². The highest BCUT2D eigenvalue weighted by atomic mass is 16.4. The Bertz CT molecular complexity index is 403. The molecule has 6 heteroatoms. The molecule has 0 aromatic heterocycles. The molecule has 0 aromatic rings. The maximum Gasteiger partial charge on any atom is 0.326 e. The van der Waals surface area contributed by atoms with Crippen LogP contribution in [0.2, 0.25) is 0 Å². The van der Waals surface area contributed by atoms with Crippen molar-refractivity contribution in [2.24, 2.45) is 5.92 Å². The second-order valence-corrected chi connectivity index (χ2v) is 5.93. The predicted octanol–water partition coefficient (Wildman–Crippen LogP) is 2.31. The number of likely N-dealkylation sites (tertiary alicyclic amines) is 1. The van der Waals surface area contributed by atoms with Crippen molar-refractivity contribution < 1.29 is 14.7 Å². The molecule has 1 saturated heterocycles. The number of nitrogens with zero attached hydrogens (tertiary/aromatic N) is 3. The third-order valence-corrected chi connectivity index (χ3v) is 3.63. The number of aliphatic carboxylic acids is 1. The number of rotatable bonds is 5. The van der Waals surface area contributed by atoms with E-state index in [4.69, 9.17) is 5.26 Å². The third-order valence-electron chi connectivity index (χ3n) is 3.63. The summed E-state index contributed by atoms with van der Waals surface area (Å²) >= 11 is 0. The van der Waals surface area contributed by atoms with Gasteiger partial charge in [-0.1, -0.05) is 26.7 Å². The van der Waals surface area contributed by atoms with E-state index in [-0.39, 0.29) is 18.4 Å². The molecule has 0 spiro atoms. The van der Waals surface area contributed by atoms with Gasteiger partial charge in [0, 0.05) is 19.6 Å². The number of nitriles is 1. The van der Waals surface area contributed by atoms with Gasteiger partial charge in [-0.25, -0.2) is 9.59 Å². The molecule has 1 heterocycles. The molecule has 0 radical (unpaired) electrons. The summed E-state index contributed by atoms with van der Waals surface area (Å²) in [6.07, 6.45) is 3.40. The molecule has 1 fully saturated rings. The number of amides is 2. The van der Waals surface area contributed by atoms with Crippen molar-refractivity contribution in [3.05, 3.63) is 0 Å². The van der Waals surface area contributed by atoms with Gasteiger partial charge >= 0.3 is 12.0 Å². The minimum atomic E-state index is -0.935. The van der Waals surface area contributed by atoms with Crippen molar-refractivity contribution in [1.82, 2.24) is 9.80 Å². The van der Waals surface area contributed by atoms with Crippen LogP contribution in [0.25, 0.3) is 0 Å². The second-order valence-electron chi connectivity index (χ2n) is 5.93. The van der Waals surface area contributed by atoms with Crippen LogP contribution in [0.5, 0.6) is 0 Å². The van der Waals surface area contributed by atoms with Crippen molar-refractivity contribution in [3.63, 3.8) is 0 Å². The first kappa shape index (κ1) is 17.3. The molecule has 1 aliphatic heterocycles. The number of hydrogen-bond acceptors (Lipinski definition) is 3. The maximum atomic E-state index is 12.7. The largest absolute Gasteiger partial charge is 0.480 e. The van der Waals surface area contributed by atoms with E-state index >= 15 is 0 Å². The molecule has 21 heavy (non-hydrogen) atoms. The lowest BCUT2D eigenvalue weighted by atomic mass is 10.1. The van der Waals surface area contributed by atoms with Crippen molar-refractivity contribution in [3.8, 4) is 6.07 Å². The summed E-state index contributed by atoms with van der Waals surface area (Å²) in [7, 11) is 0. The molecular weight excluding hydrogens is 270 g/mol. The average Bonchev–Trinajstić information content (AvgIpc) is 2.67. The first-order chi connectivity index (χ1) is 9.97. The number of hydrogen-bond donors (Lipinski definition) is 1. The van der Waals surface area contributed by atoms with E-state index in [0.29, 0.717) is 26.1 Å². The second kappa shape index (κ2) is 8.50. The predicted molar refractivity (Wildman–Crippen MR) is 78.6 cm³/mol. The lowest BCUT2D eigenvalue weighted by Gasteiger charge is -2.33. The van der Waals surface area contributed by atoms with Gasteiger partial charge in [0.05, 0.1) is 12.5 Å². The number of urea groups is 1. The standard InChI is InChI=1S/C15H25N3O3/c1-12(2)11-17(9-6-8-16)15(21)18-10-5-3-4-7-13(18)14(19)20/h12-13H,3-7,9-11H2,1-2H3,(H,19,20). The van der Waals surface area contributed by atoms with Crippen LogP contribution in [0.15, 0.2) is 0 Å². The fourth-order valence-corrected chi connectivity index (χ4v) is 2.67. The van der Waals surface area contributed by atoms with Gasteiger partial charge in [-0.05, 0) is 18.8 Å². The van der Waals surface area contributed by atoms with Gasteiger partial charge in [-0.2, -0.15) is 5.26 Å². The van der Waals surface area contributed by atoms with E-state index in [2.05, 4.69) is 0 Å². The molecule has 0 aliphatic carbocycles. The van der Waals surface area contributed by atoms with Gasteiger partial charge < -0.3 is 14.9 Å². The van der Waals surface area contributed by atoms with Crippen LogP contribution in [0.4, 0.5) is 4.79 Å². The Hall–Kier alpha value is -1.77. The molecule has 1 atom stereocenters. The third kappa shape index (κ3) is 5.25. The maximum absolute atomic E-state index is 12.7. The molecule has 1 N–H and O–H groups in total. The Morgan fingerprint density at radius 1 is 1.38 bits per heavy atom. The molecule has 118 valence electrons. The van der Waals surface area contributed by atoms with Crippen LogP contribution in [-0.4, -0.2) is 52.6 Å². The fourth-order valence-electron chi connectivity index (χ4n) is 2.67. The number of carboxylic acid groups (broad SMARTS) is 1. The van der Waals surface area contributed by atoms with Crippen LogP contribution in [0.3, 0.4) is 0 Å².